The highest BCUT2D eigenvalue weighted by Crippen LogP contribution is 2.49. The number of hydrogen-bond acceptors (Lipinski definition) is 3. The molecule has 0 bridgehead atoms. The molecule has 1 aromatic rings. The number of hydrogen-bond donors (Lipinski definition) is 1. The smallest absolute Gasteiger partial charge is 0.0780 e. The first-order valence-corrected chi connectivity index (χ1v) is 6.50. The van der Waals surface area contributed by atoms with E-state index in [2.05, 4.69) is 11.1 Å². The Bertz CT molecular complexity index is 412. The molecular formula is C14H19NO2. The van der Waals surface area contributed by atoms with E-state index in [0.717, 1.165) is 38.0 Å². The van der Waals surface area contributed by atoms with Crippen molar-refractivity contribution < 1.29 is 9.84 Å². The standard InChI is InChI=1S/C14H19NO2/c1-2-17-11-8-14(16,9-11)12-6-5-10-4-3-7-15-13(10)12/h3-4,7,11-12,16H,2,5-6,8-9H2,1H3. The quantitative estimate of drug-likeness (QED) is 0.868. The van der Waals surface area contributed by atoms with E-state index in [4.69, 9.17) is 4.74 Å². The number of fused-ring (bicyclic) bond motifs is 1. The maximum Gasteiger partial charge on any atom is 0.0780 e. The van der Waals surface area contributed by atoms with Crippen molar-refractivity contribution in [2.45, 2.75) is 50.2 Å². The van der Waals surface area contributed by atoms with Crippen LogP contribution in [-0.2, 0) is 11.2 Å². The minimum absolute atomic E-state index is 0.218. The zero-order chi connectivity index (χ0) is 11.9. The van der Waals surface area contributed by atoms with Crippen molar-refractivity contribution in [1.82, 2.24) is 4.98 Å². The summed E-state index contributed by atoms with van der Waals surface area (Å²) in [5.74, 6) is 0.218. The van der Waals surface area contributed by atoms with Crippen molar-refractivity contribution in [2.24, 2.45) is 0 Å². The third-order valence-electron chi connectivity index (χ3n) is 4.17. The lowest BCUT2D eigenvalue weighted by Crippen LogP contribution is -2.52. The van der Waals surface area contributed by atoms with Gasteiger partial charge < -0.3 is 9.84 Å². The predicted molar refractivity (Wildman–Crippen MR) is 64.9 cm³/mol. The number of ether oxygens (including phenoxy) is 1. The van der Waals surface area contributed by atoms with Crippen LogP contribution in [0.5, 0.6) is 0 Å². The van der Waals surface area contributed by atoms with Crippen molar-refractivity contribution in [1.29, 1.82) is 0 Å². The van der Waals surface area contributed by atoms with Crippen molar-refractivity contribution in [3.63, 3.8) is 0 Å². The van der Waals surface area contributed by atoms with Crippen molar-refractivity contribution >= 4 is 0 Å². The van der Waals surface area contributed by atoms with Gasteiger partial charge in [-0.05, 0) is 31.4 Å². The van der Waals surface area contributed by atoms with Gasteiger partial charge in [-0.15, -0.1) is 0 Å². The largest absolute Gasteiger partial charge is 0.389 e. The third kappa shape index (κ3) is 1.78. The highest BCUT2D eigenvalue weighted by molar-refractivity contribution is 5.32. The molecule has 1 heterocycles. The molecule has 17 heavy (non-hydrogen) atoms. The van der Waals surface area contributed by atoms with Crippen LogP contribution < -0.4 is 0 Å². The molecule has 0 spiro atoms. The lowest BCUT2D eigenvalue weighted by atomic mass is 9.68. The number of pyridine rings is 1. The molecule has 0 aromatic carbocycles. The summed E-state index contributed by atoms with van der Waals surface area (Å²) in [7, 11) is 0. The molecule has 0 radical (unpaired) electrons. The van der Waals surface area contributed by atoms with Crippen LogP contribution >= 0.6 is 0 Å². The summed E-state index contributed by atoms with van der Waals surface area (Å²) < 4.78 is 5.54. The average Bonchev–Trinajstić information content (AvgIpc) is 2.71. The first kappa shape index (κ1) is 11.2. The molecule has 2 aliphatic carbocycles. The molecule has 1 fully saturated rings. The Morgan fingerprint density at radius 3 is 3.12 bits per heavy atom. The SMILES string of the molecule is CCOC1CC(O)(C2CCc3cccnc32)C1. The first-order valence-electron chi connectivity index (χ1n) is 6.50. The highest BCUT2D eigenvalue weighted by Gasteiger charge is 2.51. The Labute approximate surface area is 102 Å². The molecule has 2 aliphatic rings. The van der Waals surface area contributed by atoms with Gasteiger partial charge in [0.25, 0.3) is 0 Å². The van der Waals surface area contributed by atoms with E-state index in [9.17, 15) is 5.11 Å². The molecule has 0 aliphatic heterocycles. The summed E-state index contributed by atoms with van der Waals surface area (Å²) in [5, 5.41) is 10.6. The van der Waals surface area contributed by atoms with Gasteiger partial charge in [0, 0.05) is 37.3 Å². The van der Waals surface area contributed by atoms with E-state index in [1.165, 1.54) is 5.56 Å². The molecule has 3 nitrogen and oxygen atoms in total. The monoisotopic (exact) mass is 233 g/mol. The second-order valence-electron chi connectivity index (χ2n) is 5.23. The van der Waals surface area contributed by atoms with Gasteiger partial charge in [0.15, 0.2) is 0 Å². The van der Waals surface area contributed by atoms with Gasteiger partial charge in [-0.25, -0.2) is 0 Å². The molecule has 3 heteroatoms. The second kappa shape index (κ2) is 4.07. The van der Waals surface area contributed by atoms with Crippen LogP contribution in [-0.4, -0.2) is 28.4 Å². The molecule has 1 unspecified atom stereocenters. The van der Waals surface area contributed by atoms with E-state index in [-0.39, 0.29) is 12.0 Å². The maximum absolute atomic E-state index is 10.6. The van der Waals surface area contributed by atoms with E-state index in [1.54, 1.807) is 0 Å². The number of nitrogens with zero attached hydrogens (tertiary/aromatic N) is 1. The first-order chi connectivity index (χ1) is 8.23. The van der Waals surface area contributed by atoms with E-state index in [1.807, 2.05) is 19.2 Å². The van der Waals surface area contributed by atoms with E-state index >= 15 is 0 Å². The van der Waals surface area contributed by atoms with Gasteiger partial charge in [0.05, 0.1) is 11.7 Å². The molecule has 0 amide bonds. The van der Waals surface area contributed by atoms with Crippen LogP contribution in [0.3, 0.4) is 0 Å². The van der Waals surface area contributed by atoms with Crippen molar-refractivity contribution in [3.8, 4) is 0 Å². The normalized spacial score (nSPS) is 35.4. The molecule has 1 atom stereocenters. The Morgan fingerprint density at radius 1 is 1.53 bits per heavy atom. The Morgan fingerprint density at radius 2 is 2.35 bits per heavy atom. The summed E-state index contributed by atoms with van der Waals surface area (Å²) in [6.45, 7) is 2.74. The topological polar surface area (TPSA) is 42.4 Å². The van der Waals surface area contributed by atoms with Gasteiger partial charge in [-0.3, -0.25) is 4.98 Å². The minimum atomic E-state index is -0.570. The molecule has 1 N–H and O–H groups in total. The summed E-state index contributed by atoms with van der Waals surface area (Å²) in [4.78, 5) is 4.46. The summed E-state index contributed by atoms with van der Waals surface area (Å²) in [5.41, 5.74) is 1.86. The molecule has 0 saturated heterocycles. The fourth-order valence-corrected chi connectivity index (χ4v) is 3.30. The Balaban J connectivity index is 1.75. The van der Waals surface area contributed by atoms with Gasteiger partial charge in [-0.1, -0.05) is 6.07 Å². The fourth-order valence-electron chi connectivity index (χ4n) is 3.30. The van der Waals surface area contributed by atoms with Gasteiger partial charge in [-0.2, -0.15) is 0 Å². The lowest BCUT2D eigenvalue weighted by Gasteiger charge is -2.47. The lowest BCUT2D eigenvalue weighted by molar-refractivity contribution is -0.150. The van der Waals surface area contributed by atoms with Crippen LogP contribution in [0.2, 0.25) is 0 Å². The predicted octanol–water partition coefficient (Wildman–Crippen LogP) is 2.04. The van der Waals surface area contributed by atoms with Crippen LogP contribution in [0.25, 0.3) is 0 Å². The fraction of sp³-hybridized carbons (Fsp3) is 0.643. The maximum atomic E-state index is 10.6. The Hall–Kier alpha value is -0.930. The van der Waals surface area contributed by atoms with Gasteiger partial charge >= 0.3 is 0 Å². The molecular weight excluding hydrogens is 214 g/mol. The van der Waals surface area contributed by atoms with Crippen LogP contribution in [0, 0.1) is 0 Å². The highest BCUT2D eigenvalue weighted by atomic mass is 16.5. The minimum Gasteiger partial charge on any atom is -0.389 e. The summed E-state index contributed by atoms with van der Waals surface area (Å²) in [6, 6.07) is 4.11. The van der Waals surface area contributed by atoms with E-state index < -0.39 is 5.60 Å². The number of aliphatic hydroxyl groups is 1. The van der Waals surface area contributed by atoms with Crippen molar-refractivity contribution in [2.75, 3.05) is 6.61 Å². The molecule has 1 aromatic heterocycles. The molecule has 3 rings (SSSR count). The zero-order valence-corrected chi connectivity index (χ0v) is 10.2. The number of aromatic nitrogens is 1. The van der Waals surface area contributed by atoms with Crippen LogP contribution in [0.4, 0.5) is 0 Å². The van der Waals surface area contributed by atoms with Crippen LogP contribution in [0.15, 0.2) is 18.3 Å². The summed E-state index contributed by atoms with van der Waals surface area (Å²) >= 11 is 0. The van der Waals surface area contributed by atoms with E-state index in [0.29, 0.717) is 0 Å². The molecule has 92 valence electrons. The average molecular weight is 233 g/mol. The number of aryl methyl sites for hydroxylation is 1. The zero-order valence-electron chi connectivity index (χ0n) is 10.2. The van der Waals surface area contributed by atoms with Crippen molar-refractivity contribution in [3.05, 3.63) is 29.6 Å². The van der Waals surface area contributed by atoms with Gasteiger partial charge in [0.2, 0.25) is 0 Å². The third-order valence-corrected chi connectivity index (χ3v) is 4.17. The van der Waals surface area contributed by atoms with Gasteiger partial charge in [0.1, 0.15) is 0 Å². The summed E-state index contributed by atoms with van der Waals surface area (Å²) in [6.07, 6.45) is 5.69. The van der Waals surface area contributed by atoms with Crippen LogP contribution in [0.1, 0.15) is 43.4 Å². The second-order valence-corrected chi connectivity index (χ2v) is 5.23. The molecule has 1 saturated carbocycles. The Kier molecular flexibility index (Phi) is 2.68. The number of rotatable bonds is 3.